The molecular weight excluding hydrogens is 344 g/mol. The van der Waals surface area contributed by atoms with Crippen LogP contribution in [0.1, 0.15) is 31.2 Å². The van der Waals surface area contributed by atoms with E-state index in [0.717, 1.165) is 44.3 Å². The second-order valence-corrected chi connectivity index (χ2v) is 7.08. The first kappa shape index (κ1) is 19.3. The van der Waals surface area contributed by atoms with E-state index in [2.05, 4.69) is 0 Å². The summed E-state index contributed by atoms with van der Waals surface area (Å²) in [6, 6.07) is 5.54. The SMILES string of the molecule is COc1ccc(/C=C/C(=O)N2CCC(C(=O)N3CCCC3)CC2)cc1OC. The lowest BCUT2D eigenvalue weighted by molar-refractivity contribution is -0.138. The van der Waals surface area contributed by atoms with Gasteiger partial charge in [-0.05, 0) is 49.5 Å². The van der Waals surface area contributed by atoms with Crippen LogP contribution in [0, 0.1) is 5.92 Å². The Bertz CT molecular complexity index is 702. The molecule has 2 fully saturated rings. The van der Waals surface area contributed by atoms with Gasteiger partial charge in [0, 0.05) is 38.2 Å². The van der Waals surface area contributed by atoms with E-state index in [-0.39, 0.29) is 17.7 Å². The molecule has 0 spiro atoms. The zero-order valence-corrected chi connectivity index (χ0v) is 16.1. The van der Waals surface area contributed by atoms with Crippen LogP contribution in [0.5, 0.6) is 11.5 Å². The Morgan fingerprint density at radius 1 is 0.963 bits per heavy atom. The van der Waals surface area contributed by atoms with Crippen LogP contribution in [0.2, 0.25) is 0 Å². The van der Waals surface area contributed by atoms with Gasteiger partial charge in [0.1, 0.15) is 0 Å². The molecule has 2 heterocycles. The number of nitrogens with zero attached hydrogens (tertiary/aromatic N) is 2. The fourth-order valence-corrected chi connectivity index (χ4v) is 3.77. The van der Waals surface area contributed by atoms with Gasteiger partial charge in [-0.3, -0.25) is 9.59 Å². The van der Waals surface area contributed by atoms with Crippen LogP contribution >= 0.6 is 0 Å². The number of carbonyl (C=O) groups excluding carboxylic acids is 2. The van der Waals surface area contributed by atoms with Crippen LogP contribution in [0.4, 0.5) is 0 Å². The number of ether oxygens (including phenoxy) is 2. The average Bonchev–Trinajstić information content (AvgIpc) is 3.26. The molecule has 27 heavy (non-hydrogen) atoms. The lowest BCUT2D eigenvalue weighted by atomic mass is 9.95. The third-order valence-electron chi connectivity index (χ3n) is 5.40. The number of rotatable bonds is 5. The predicted molar refractivity (Wildman–Crippen MR) is 104 cm³/mol. The molecule has 0 radical (unpaired) electrons. The van der Waals surface area contributed by atoms with Crippen molar-refractivity contribution in [1.82, 2.24) is 9.80 Å². The standard InChI is InChI=1S/C21H28N2O4/c1-26-18-7-5-16(15-19(18)27-2)6-8-20(24)22-13-9-17(10-14-22)21(25)23-11-3-4-12-23/h5-8,15,17H,3-4,9-14H2,1-2H3/b8-6+. The molecule has 2 amide bonds. The van der Waals surface area contributed by atoms with Gasteiger partial charge in [-0.1, -0.05) is 6.07 Å². The van der Waals surface area contributed by atoms with Gasteiger partial charge in [-0.2, -0.15) is 0 Å². The molecule has 0 N–H and O–H groups in total. The monoisotopic (exact) mass is 372 g/mol. The summed E-state index contributed by atoms with van der Waals surface area (Å²) in [6.45, 7) is 3.07. The van der Waals surface area contributed by atoms with Crippen molar-refractivity contribution < 1.29 is 19.1 Å². The molecule has 6 nitrogen and oxygen atoms in total. The molecule has 2 aliphatic rings. The molecule has 0 atom stereocenters. The number of benzene rings is 1. The summed E-state index contributed by atoms with van der Waals surface area (Å²) >= 11 is 0. The summed E-state index contributed by atoms with van der Waals surface area (Å²) in [5.74, 6) is 1.62. The molecule has 1 aromatic rings. The highest BCUT2D eigenvalue weighted by molar-refractivity contribution is 5.92. The van der Waals surface area contributed by atoms with Gasteiger partial charge in [0.25, 0.3) is 0 Å². The summed E-state index contributed by atoms with van der Waals surface area (Å²) in [6.07, 6.45) is 7.11. The van der Waals surface area contributed by atoms with Crippen LogP contribution in [-0.2, 0) is 9.59 Å². The van der Waals surface area contributed by atoms with E-state index in [1.54, 1.807) is 26.4 Å². The van der Waals surface area contributed by atoms with Crippen LogP contribution in [0.3, 0.4) is 0 Å². The number of likely N-dealkylation sites (tertiary alicyclic amines) is 2. The van der Waals surface area contributed by atoms with E-state index in [1.807, 2.05) is 28.0 Å². The molecule has 2 saturated heterocycles. The maximum Gasteiger partial charge on any atom is 0.246 e. The lowest BCUT2D eigenvalue weighted by Crippen LogP contribution is -2.43. The molecule has 0 aromatic heterocycles. The van der Waals surface area contributed by atoms with Gasteiger partial charge in [-0.25, -0.2) is 0 Å². The van der Waals surface area contributed by atoms with Gasteiger partial charge in [-0.15, -0.1) is 0 Å². The average molecular weight is 372 g/mol. The predicted octanol–water partition coefficient (Wildman–Crippen LogP) is 2.58. The molecule has 0 saturated carbocycles. The van der Waals surface area contributed by atoms with Gasteiger partial charge in [0.15, 0.2) is 11.5 Å². The summed E-state index contributed by atoms with van der Waals surface area (Å²) < 4.78 is 10.5. The molecule has 6 heteroatoms. The van der Waals surface area contributed by atoms with Crippen LogP contribution in [0.25, 0.3) is 6.08 Å². The van der Waals surface area contributed by atoms with Crippen molar-refractivity contribution >= 4 is 17.9 Å². The van der Waals surface area contributed by atoms with E-state index in [4.69, 9.17) is 9.47 Å². The Balaban J connectivity index is 1.53. The number of carbonyl (C=O) groups is 2. The number of amides is 2. The minimum absolute atomic E-state index is 0.0168. The number of hydrogen-bond donors (Lipinski definition) is 0. The zero-order valence-electron chi connectivity index (χ0n) is 16.1. The molecule has 1 aromatic carbocycles. The Labute approximate surface area is 160 Å². The Kier molecular flexibility index (Phi) is 6.37. The van der Waals surface area contributed by atoms with Crippen molar-refractivity contribution in [2.45, 2.75) is 25.7 Å². The summed E-state index contributed by atoms with van der Waals surface area (Å²) in [5.41, 5.74) is 0.875. The third-order valence-corrected chi connectivity index (χ3v) is 5.40. The van der Waals surface area contributed by atoms with Crippen molar-refractivity contribution in [3.05, 3.63) is 29.8 Å². The number of methoxy groups -OCH3 is 2. The molecule has 0 bridgehead atoms. The molecule has 0 unspecified atom stereocenters. The number of piperidine rings is 1. The summed E-state index contributed by atoms with van der Waals surface area (Å²) in [4.78, 5) is 28.8. The van der Waals surface area contributed by atoms with Gasteiger partial charge >= 0.3 is 0 Å². The van der Waals surface area contributed by atoms with Crippen molar-refractivity contribution in [3.63, 3.8) is 0 Å². The molecule has 3 rings (SSSR count). The molecule has 2 aliphatic heterocycles. The highest BCUT2D eigenvalue weighted by Gasteiger charge is 2.30. The van der Waals surface area contributed by atoms with E-state index in [9.17, 15) is 9.59 Å². The lowest BCUT2D eigenvalue weighted by Gasteiger charge is -2.32. The van der Waals surface area contributed by atoms with E-state index < -0.39 is 0 Å². The molecule has 146 valence electrons. The highest BCUT2D eigenvalue weighted by atomic mass is 16.5. The fourth-order valence-electron chi connectivity index (χ4n) is 3.77. The van der Waals surface area contributed by atoms with Gasteiger partial charge in [0.2, 0.25) is 11.8 Å². The van der Waals surface area contributed by atoms with Crippen LogP contribution < -0.4 is 9.47 Å². The van der Waals surface area contributed by atoms with Crippen LogP contribution in [0.15, 0.2) is 24.3 Å². The Hall–Kier alpha value is -2.50. The van der Waals surface area contributed by atoms with Crippen molar-refractivity contribution in [1.29, 1.82) is 0 Å². The van der Waals surface area contributed by atoms with E-state index in [1.165, 1.54) is 0 Å². The Morgan fingerprint density at radius 2 is 1.63 bits per heavy atom. The highest BCUT2D eigenvalue weighted by Crippen LogP contribution is 2.28. The molecular formula is C21H28N2O4. The minimum Gasteiger partial charge on any atom is -0.493 e. The third kappa shape index (κ3) is 4.62. The molecule has 0 aliphatic carbocycles. The maximum atomic E-state index is 12.5. The topological polar surface area (TPSA) is 59.1 Å². The second-order valence-electron chi connectivity index (χ2n) is 7.08. The van der Waals surface area contributed by atoms with E-state index >= 15 is 0 Å². The van der Waals surface area contributed by atoms with Crippen molar-refractivity contribution in [2.24, 2.45) is 5.92 Å². The first-order valence-electron chi connectivity index (χ1n) is 9.60. The fraction of sp³-hybridized carbons (Fsp3) is 0.524. The number of hydrogen-bond acceptors (Lipinski definition) is 4. The van der Waals surface area contributed by atoms with Gasteiger partial charge in [0.05, 0.1) is 14.2 Å². The van der Waals surface area contributed by atoms with Crippen molar-refractivity contribution in [2.75, 3.05) is 40.4 Å². The summed E-state index contributed by atoms with van der Waals surface area (Å²) in [5, 5.41) is 0. The second kappa shape index (κ2) is 8.93. The Morgan fingerprint density at radius 3 is 2.26 bits per heavy atom. The smallest absolute Gasteiger partial charge is 0.246 e. The maximum absolute atomic E-state index is 12.5. The normalized spacial score (nSPS) is 18.1. The van der Waals surface area contributed by atoms with E-state index in [0.29, 0.717) is 24.6 Å². The summed E-state index contributed by atoms with van der Waals surface area (Å²) in [7, 11) is 3.18. The largest absolute Gasteiger partial charge is 0.493 e. The quantitative estimate of drug-likeness (QED) is 0.746. The first-order valence-corrected chi connectivity index (χ1v) is 9.60. The van der Waals surface area contributed by atoms with Gasteiger partial charge < -0.3 is 19.3 Å². The van der Waals surface area contributed by atoms with Crippen molar-refractivity contribution in [3.8, 4) is 11.5 Å². The zero-order chi connectivity index (χ0) is 19.2. The van der Waals surface area contributed by atoms with Crippen LogP contribution in [-0.4, -0.2) is 62.0 Å². The first-order chi connectivity index (χ1) is 13.1. The minimum atomic E-state index is -0.0168.